The maximum Gasteiger partial charge on any atom is 0.253 e. The van der Waals surface area contributed by atoms with Crippen LogP contribution in [-0.2, 0) is 0 Å². The molecule has 1 aliphatic rings. The summed E-state index contributed by atoms with van der Waals surface area (Å²) in [4.78, 5) is 18.7. The number of hydrogen-bond acceptors (Lipinski definition) is 3. The minimum atomic E-state index is 0. The summed E-state index contributed by atoms with van der Waals surface area (Å²) in [5, 5.41) is 4.35. The molecule has 0 radical (unpaired) electrons. The van der Waals surface area contributed by atoms with Gasteiger partial charge in [0.15, 0.2) is 0 Å². The van der Waals surface area contributed by atoms with E-state index >= 15 is 0 Å². The Morgan fingerprint density at radius 3 is 3.05 bits per heavy atom. The summed E-state index contributed by atoms with van der Waals surface area (Å²) in [5.74, 6) is 0.110. The van der Waals surface area contributed by atoms with Crippen molar-refractivity contribution in [3.63, 3.8) is 0 Å². The number of nitrogens with one attached hydrogen (secondary N) is 1. The van der Waals surface area contributed by atoms with Crippen LogP contribution in [0.25, 0.3) is 10.9 Å². The Balaban J connectivity index is 0.00000147. The lowest BCUT2D eigenvalue weighted by Crippen LogP contribution is -2.51. The highest BCUT2D eigenvalue weighted by Gasteiger charge is 2.21. The zero-order chi connectivity index (χ0) is 13.2. The van der Waals surface area contributed by atoms with E-state index in [1.807, 2.05) is 35.2 Å². The van der Waals surface area contributed by atoms with Gasteiger partial charge in [-0.05, 0) is 31.2 Å². The molecule has 1 amide bonds. The minimum Gasteiger partial charge on any atom is -0.336 e. The number of aromatic nitrogens is 1. The van der Waals surface area contributed by atoms with Crippen molar-refractivity contribution in [1.82, 2.24) is 15.2 Å². The molecule has 4 nitrogen and oxygen atoms in total. The number of hydrogen-bond donors (Lipinski definition) is 1. The molecule has 0 saturated carbocycles. The monoisotopic (exact) mass is 291 g/mol. The van der Waals surface area contributed by atoms with Crippen LogP contribution in [-0.4, -0.2) is 41.5 Å². The number of halogens is 1. The summed E-state index contributed by atoms with van der Waals surface area (Å²) in [5.41, 5.74) is 1.67. The highest BCUT2D eigenvalue weighted by atomic mass is 35.5. The molecule has 0 bridgehead atoms. The largest absolute Gasteiger partial charge is 0.336 e. The number of piperazine rings is 1. The lowest BCUT2D eigenvalue weighted by molar-refractivity contribution is 0.0709. The molecule has 1 saturated heterocycles. The molecule has 2 aromatic rings. The second-order valence-corrected chi connectivity index (χ2v) is 5.02. The molecule has 20 heavy (non-hydrogen) atoms. The third-order valence-electron chi connectivity index (χ3n) is 3.51. The van der Waals surface area contributed by atoms with Crippen LogP contribution in [0.4, 0.5) is 0 Å². The second kappa shape index (κ2) is 6.20. The van der Waals surface area contributed by atoms with E-state index < -0.39 is 0 Å². The maximum absolute atomic E-state index is 12.5. The van der Waals surface area contributed by atoms with Crippen molar-refractivity contribution in [3.05, 3.63) is 42.1 Å². The van der Waals surface area contributed by atoms with Crippen molar-refractivity contribution >= 4 is 29.2 Å². The molecule has 1 aromatic carbocycles. The van der Waals surface area contributed by atoms with Crippen molar-refractivity contribution in [2.45, 2.75) is 13.0 Å². The Kier molecular flexibility index (Phi) is 4.57. The summed E-state index contributed by atoms with van der Waals surface area (Å²) in [6.07, 6.45) is 1.77. The highest BCUT2D eigenvalue weighted by molar-refractivity contribution is 5.98. The maximum atomic E-state index is 12.5. The first-order chi connectivity index (χ1) is 9.24. The fraction of sp³-hybridized carbons (Fsp3) is 0.333. The first kappa shape index (κ1) is 14.8. The quantitative estimate of drug-likeness (QED) is 0.875. The van der Waals surface area contributed by atoms with E-state index in [4.69, 9.17) is 0 Å². The number of amides is 1. The van der Waals surface area contributed by atoms with Crippen LogP contribution in [0.1, 0.15) is 17.3 Å². The van der Waals surface area contributed by atoms with Gasteiger partial charge >= 0.3 is 0 Å². The summed E-state index contributed by atoms with van der Waals surface area (Å²) < 4.78 is 0. The number of pyridine rings is 1. The van der Waals surface area contributed by atoms with Crippen LogP contribution in [0.2, 0.25) is 0 Å². The summed E-state index contributed by atoms with van der Waals surface area (Å²) in [6.45, 7) is 4.50. The number of rotatable bonds is 1. The van der Waals surface area contributed by atoms with E-state index in [0.717, 1.165) is 36.1 Å². The van der Waals surface area contributed by atoms with E-state index in [0.29, 0.717) is 6.04 Å². The Hall–Kier alpha value is -1.65. The average Bonchev–Trinajstić information content (AvgIpc) is 2.46. The predicted molar refractivity (Wildman–Crippen MR) is 82.4 cm³/mol. The van der Waals surface area contributed by atoms with Crippen molar-refractivity contribution in [1.29, 1.82) is 0 Å². The van der Waals surface area contributed by atoms with Crippen molar-refractivity contribution in [3.8, 4) is 0 Å². The Bertz CT molecular complexity index is 617. The highest BCUT2D eigenvalue weighted by Crippen LogP contribution is 2.15. The first-order valence-electron chi connectivity index (χ1n) is 6.61. The van der Waals surface area contributed by atoms with Gasteiger partial charge in [0.05, 0.1) is 5.52 Å². The van der Waals surface area contributed by atoms with E-state index in [9.17, 15) is 4.79 Å². The van der Waals surface area contributed by atoms with Crippen LogP contribution < -0.4 is 5.32 Å². The number of benzene rings is 1. The molecule has 5 heteroatoms. The lowest BCUT2D eigenvalue weighted by Gasteiger charge is -2.32. The Labute approximate surface area is 124 Å². The molecule has 3 rings (SSSR count). The molecule has 106 valence electrons. The second-order valence-electron chi connectivity index (χ2n) is 5.02. The molecule has 1 aromatic heterocycles. The SMILES string of the molecule is C[C@@H]1CN(C(=O)c2ccc3ncccc3c2)CCN1.Cl. The number of carbonyl (C=O) groups excluding carboxylic acids is 1. The molecule has 0 aliphatic carbocycles. The van der Waals surface area contributed by atoms with Crippen LogP contribution in [0.3, 0.4) is 0 Å². The minimum absolute atomic E-state index is 0. The third-order valence-corrected chi connectivity index (χ3v) is 3.51. The zero-order valence-corrected chi connectivity index (χ0v) is 12.2. The van der Waals surface area contributed by atoms with Crippen molar-refractivity contribution < 1.29 is 4.79 Å². The molecule has 1 fully saturated rings. The summed E-state index contributed by atoms with van der Waals surface area (Å²) in [7, 11) is 0. The number of nitrogens with zero attached hydrogens (tertiary/aromatic N) is 2. The Morgan fingerprint density at radius 2 is 2.25 bits per heavy atom. The molecular weight excluding hydrogens is 274 g/mol. The summed E-state index contributed by atoms with van der Waals surface area (Å²) >= 11 is 0. The van der Waals surface area contributed by atoms with Gasteiger partial charge in [-0.15, -0.1) is 12.4 Å². The van der Waals surface area contributed by atoms with Gasteiger partial charge in [-0.2, -0.15) is 0 Å². The van der Waals surface area contributed by atoms with Gasteiger partial charge in [0.2, 0.25) is 0 Å². The third kappa shape index (κ3) is 2.92. The fourth-order valence-corrected chi connectivity index (χ4v) is 2.51. The van der Waals surface area contributed by atoms with Gasteiger partial charge in [-0.25, -0.2) is 0 Å². The summed E-state index contributed by atoms with van der Waals surface area (Å²) in [6, 6.07) is 9.94. The normalized spacial score (nSPS) is 18.6. The predicted octanol–water partition coefficient (Wildman–Crippen LogP) is 2.09. The van der Waals surface area contributed by atoms with E-state index in [-0.39, 0.29) is 18.3 Å². The van der Waals surface area contributed by atoms with Crippen LogP contribution in [0.5, 0.6) is 0 Å². The Morgan fingerprint density at radius 1 is 1.40 bits per heavy atom. The van der Waals surface area contributed by atoms with Crippen LogP contribution >= 0.6 is 12.4 Å². The zero-order valence-electron chi connectivity index (χ0n) is 11.4. The fourth-order valence-electron chi connectivity index (χ4n) is 2.51. The van der Waals surface area contributed by atoms with Crippen molar-refractivity contribution in [2.24, 2.45) is 0 Å². The lowest BCUT2D eigenvalue weighted by atomic mass is 10.1. The van der Waals surface area contributed by atoms with Crippen LogP contribution in [0, 0.1) is 0 Å². The molecular formula is C15H18ClN3O. The van der Waals surface area contributed by atoms with Gasteiger partial charge in [-0.3, -0.25) is 9.78 Å². The smallest absolute Gasteiger partial charge is 0.253 e. The average molecular weight is 292 g/mol. The molecule has 0 unspecified atom stereocenters. The van der Waals surface area contributed by atoms with E-state index in [1.54, 1.807) is 6.20 Å². The van der Waals surface area contributed by atoms with Gasteiger partial charge in [0.1, 0.15) is 0 Å². The van der Waals surface area contributed by atoms with Crippen molar-refractivity contribution in [2.75, 3.05) is 19.6 Å². The molecule has 1 aliphatic heterocycles. The topological polar surface area (TPSA) is 45.2 Å². The number of fused-ring (bicyclic) bond motifs is 1. The molecule has 1 atom stereocenters. The van der Waals surface area contributed by atoms with E-state index in [1.165, 1.54) is 0 Å². The number of carbonyl (C=O) groups is 1. The molecule has 1 N–H and O–H groups in total. The van der Waals surface area contributed by atoms with Gasteiger partial charge in [0, 0.05) is 42.8 Å². The standard InChI is InChI=1S/C15H17N3O.ClH/c1-11-10-18(8-7-16-11)15(19)13-4-5-14-12(9-13)3-2-6-17-14;/h2-6,9,11,16H,7-8,10H2,1H3;1H/t11-;/m1./s1. The molecule has 2 heterocycles. The van der Waals surface area contributed by atoms with Gasteiger partial charge in [0.25, 0.3) is 5.91 Å². The van der Waals surface area contributed by atoms with Gasteiger partial charge in [-0.1, -0.05) is 6.07 Å². The van der Waals surface area contributed by atoms with Gasteiger partial charge < -0.3 is 10.2 Å². The molecule has 0 spiro atoms. The van der Waals surface area contributed by atoms with Crippen LogP contribution in [0.15, 0.2) is 36.5 Å². The van der Waals surface area contributed by atoms with E-state index in [2.05, 4.69) is 17.2 Å². The first-order valence-corrected chi connectivity index (χ1v) is 6.61.